The molecule has 0 bridgehead atoms. The minimum Gasteiger partial charge on any atom is -0.364 e. The van der Waals surface area contributed by atoms with Crippen molar-refractivity contribution in [1.29, 1.82) is 5.26 Å². The zero-order valence-electron chi connectivity index (χ0n) is 21.5. The van der Waals surface area contributed by atoms with E-state index < -0.39 is 0 Å². The van der Waals surface area contributed by atoms with Crippen molar-refractivity contribution in [3.05, 3.63) is 79.9 Å². The van der Waals surface area contributed by atoms with Gasteiger partial charge in [-0.15, -0.1) is 10.2 Å². The Balaban J connectivity index is 1.38. The highest BCUT2D eigenvalue weighted by molar-refractivity contribution is 7.11. The minimum absolute atomic E-state index is 0.0350. The van der Waals surface area contributed by atoms with Gasteiger partial charge in [0.05, 0.1) is 17.2 Å². The van der Waals surface area contributed by atoms with Crippen LogP contribution in [0, 0.1) is 17.1 Å². The lowest BCUT2D eigenvalue weighted by molar-refractivity contribution is 0.129. The van der Waals surface area contributed by atoms with E-state index in [1.54, 1.807) is 41.2 Å². The molecular weight excluding hydrogens is 501 g/mol. The van der Waals surface area contributed by atoms with Gasteiger partial charge < -0.3 is 9.47 Å². The maximum absolute atomic E-state index is 13.8. The normalized spacial score (nSPS) is 21.0. The molecule has 4 heterocycles. The molecule has 2 aliphatic rings. The van der Waals surface area contributed by atoms with Crippen LogP contribution in [0.3, 0.4) is 0 Å². The number of fused-ring (bicyclic) bond motifs is 1. The van der Waals surface area contributed by atoms with E-state index in [0.29, 0.717) is 35.7 Å². The molecule has 38 heavy (non-hydrogen) atoms. The number of benzene rings is 1. The van der Waals surface area contributed by atoms with Crippen LogP contribution in [0.2, 0.25) is 0 Å². The van der Waals surface area contributed by atoms with Gasteiger partial charge in [-0.05, 0) is 56.5 Å². The van der Waals surface area contributed by atoms with Gasteiger partial charge in [0.2, 0.25) is 0 Å². The van der Waals surface area contributed by atoms with E-state index in [0.717, 1.165) is 34.1 Å². The van der Waals surface area contributed by atoms with E-state index in [9.17, 15) is 14.4 Å². The predicted octanol–water partition coefficient (Wildman–Crippen LogP) is 4.36. The highest BCUT2D eigenvalue weighted by atomic mass is 32.1. The van der Waals surface area contributed by atoms with Crippen LogP contribution in [0.25, 0.3) is 11.0 Å². The van der Waals surface area contributed by atoms with Crippen molar-refractivity contribution in [3.8, 4) is 6.07 Å². The second kappa shape index (κ2) is 9.57. The van der Waals surface area contributed by atoms with E-state index in [1.165, 1.54) is 12.1 Å². The maximum Gasteiger partial charge on any atom is 0.252 e. The molecule has 10 heteroatoms. The minimum atomic E-state index is -0.267. The molecule has 0 N–H and O–H groups in total. The summed E-state index contributed by atoms with van der Waals surface area (Å²) in [7, 11) is 1.72. The van der Waals surface area contributed by atoms with Gasteiger partial charge in [-0.3, -0.25) is 9.69 Å². The van der Waals surface area contributed by atoms with Gasteiger partial charge in [-0.1, -0.05) is 23.5 Å². The van der Waals surface area contributed by atoms with E-state index in [4.69, 9.17) is 0 Å². The fourth-order valence-corrected chi connectivity index (χ4v) is 6.58. The summed E-state index contributed by atoms with van der Waals surface area (Å²) >= 11 is 1.66. The first-order valence-electron chi connectivity index (χ1n) is 12.9. The second-order valence-electron chi connectivity index (χ2n) is 10.4. The summed E-state index contributed by atoms with van der Waals surface area (Å²) in [6, 6.07) is 13.8. The molecule has 1 aliphatic carbocycles. The van der Waals surface area contributed by atoms with Crippen LogP contribution in [0.4, 0.5) is 10.1 Å². The summed E-state index contributed by atoms with van der Waals surface area (Å²) < 4.78 is 15.4. The standard InChI is InChI=1S/C28H28FN7OS/c1-16-15-36(26(18-6-8-20(29)9-7-18)28-33-32-27(38-28)19-4-5-19)17(2)14-35(16)23-12-24(37)34(3)22-11-10-21(13-30)31-25(22)23/h6-12,16-17,19,26H,4-5,14-15H2,1-3H3/t16-,17+,26?/m0/s1. The zero-order chi connectivity index (χ0) is 26.6. The topological polar surface area (TPSA) is 90.9 Å². The molecular formula is C28H28FN7OS. The van der Waals surface area contributed by atoms with Gasteiger partial charge in [0.25, 0.3) is 5.56 Å². The predicted molar refractivity (Wildman–Crippen MR) is 145 cm³/mol. The average Bonchev–Trinajstić information content (AvgIpc) is 3.66. The summed E-state index contributed by atoms with van der Waals surface area (Å²) in [6.45, 7) is 5.63. The number of pyridine rings is 2. The molecule has 6 rings (SSSR count). The number of aryl methyl sites for hydroxylation is 1. The third-order valence-electron chi connectivity index (χ3n) is 7.66. The highest BCUT2D eigenvalue weighted by Gasteiger charge is 2.38. The van der Waals surface area contributed by atoms with Gasteiger partial charge in [0.1, 0.15) is 33.1 Å². The van der Waals surface area contributed by atoms with Crippen molar-refractivity contribution >= 4 is 28.1 Å². The number of halogens is 1. The van der Waals surface area contributed by atoms with Crippen LogP contribution in [0.15, 0.2) is 47.3 Å². The monoisotopic (exact) mass is 529 g/mol. The molecule has 4 aromatic rings. The lowest BCUT2D eigenvalue weighted by Gasteiger charge is -2.48. The van der Waals surface area contributed by atoms with Crippen molar-refractivity contribution in [3.63, 3.8) is 0 Å². The van der Waals surface area contributed by atoms with Crippen molar-refractivity contribution in [2.45, 2.75) is 50.7 Å². The Morgan fingerprint density at radius 1 is 1.08 bits per heavy atom. The lowest BCUT2D eigenvalue weighted by Crippen LogP contribution is -2.57. The quantitative estimate of drug-likeness (QED) is 0.379. The Bertz CT molecular complexity index is 1600. The summed E-state index contributed by atoms with van der Waals surface area (Å²) in [5, 5.41) is 20.6. The van der Waals surface area contributed by atoms with Crippen molar-refractivity contribution in [1.82, 2.24) is 24.6 Å². The number of hydrogen-bond acceptors (Lipinski definition) is 8. The van der Waals surface area contributed by atoms with Crippen molar-refractivity contribution < 1.29 is 4.39 Å². The van der Waals surface area contributed by atoms with Gasteiger partial charge >= 0.3 is 0 Å². The van der Waals surface area contributed by atoms with E-state index in [1.807, 2.05) is 12.1 Å². The summed E-state index contributed by atoms with van der Waals surface area (Å²) in [5.41, 5.74) is 3.26. The smallest absolute Gasteiger partial charge is 0.252 e. The molecule has 3 atom stereocenters. The van der Waals surface area contributed by atoms with E-state index >= 15 is 0 Å². The Morgan fingerprint density at radius 3 is 2.55 bits per heavy atom. The highest BCUT2D eigenvalue weighted by Crippen LogP contribution is 2.44. The van der Waals surface area contributed by atoms with Crippen LogP contribution < -0.4 is 10.5 Å². The first-order valence-corrected chi connectivity index (χ1v) is 13.7. The zero-order valence-corrected chi connectivity index (χ0v) is 22.3. The van der Waals surface area contributed by atoms with Crippen LogP contribution in [-0.2, 0) is 7.05 Å². The average molecular weight is 530 g/mol. The van der Waals surface area contributed by atoms with Gasteiger partial charge in [-0.25, -0.2) is 9.37 Å². The molecule has 0 spiro atoms. The third kappa shape index (κ3) is 4.36. The van der Waals surface area contributed by atoms with Crippen LogP contribution in [-0.4, -0.2) is 49.8 Å². The molecule has 1 aromatic carbocycles. The Morgan fingerprint density at radius 2 is 1.84 bits per heavy atom. The summed E-state index contributed by atoms with van der Waals surface area (Å²) in [4.78, 5) is 22.1. The summed E-state index contributed by atoms with van der Waals surface area (Å²) in [6.07, 6.45) is 2.32. The number of aromatic nitrogens is 4. The molecule has 1 saturated heterocycles. The second-order valence-corrected chi connectivity index (χ2v) is 11.4. The lowest BCUT2D eigenvalue weighted by atomic mass is 9.99. The molecule has 1 unspecified atom stereocenters. The van der Waals surface area contributed by atoms with Crippen LogP contribution in [0.5, 0.6) is 0 Å². The molecule has 1 saturated carbocycles. The largest absolute Gasteiger partial charge is 0.364 e. The number of anilines is 1. The van der Waals surface area contributed by atoms with Crippen LogP contribution in [0.1, 0.15) is 59.9 Å². The molecule has 3 aromatic heterocycles. The number of rotatable bonds is 5. The molecule has 8 nitrogen and oxygen atoms in total. The maximum atomic E-state index is 13.8. The first-order chi connectivity index (χ1) is 18.3. The van der Waals surface area contributed by atoms with Gasteiger partial charge in [0.15, 0.2) is 0 Å². The van der Waals surface area contributed by atoms with E-state index in [-0.39, 0.29) is 29.5 Å². The first kappa shape index (κ1) is 24.6. The van der Waals surface area contributed by atoms with E-state index in [2.05, 4.69) is 44.9 Å². The fraction of sp³-hybridized carbons (Fsp3) is 0.393. The molecule has 194 valence electrons. The fourth-order valence-electron chi connectivity index (χ4n) is 5.42. The molecule has 2 fully saturated rings. The number of hydrogen-bond donors (Lipinski definition) is 0. The molecule has 0 amide bonds. The van der Waals surface area contributed by atoms with Gasteiger partial charge in [-0.2, -0.15) is 5.26 Å². The van der Waals surface area contributed by atoms with Crippen LogP contribution >= 0.6 is 11.3 Å². The Labute approximate surface area is 224 Å². The SMILES string of the molecule is C[C@@H]1CN(c2cc(=O)n(C)c3ccc(C#N)nc23)[C@@H](C)CN1C(c1ccc(F)cc1)c1nnc(C2CC2)s1. The number of nitrogens with zero attached hydrogens (tertiary/aromatic N) is 7. The number of nitriles is 1. The Kier molecular flexibility index (Phi) is 6.20. The van der Waals surface area contributed by atoms with Gasteiger partial charge in [0, 0.05) is 44.2 Å². The third-order valence-corrected chi connectivity index (χ3v) is 8.80. The number of piperazine rings is 1. The van der Waals surface area contributed by atoms with Crippen molar-refractivity contribution in [2.75, 3.05) is 18.0 Å². The molecule has 1 aliphatic heterocycles. The van der Waals surface area contributed by atoms with Crippen molar-refractivity contribution in [2.24, 2.45) is 7.05 Å². The molecule has 0 radical (unpaired) electrons. The summed E-state index contributed by atoms with van der Waals surface area (Å²) in [5.74, 6) is 0.250. The Hall–Kier alpha value is -3.68.